The summed E-state index contributed by atoms with van der Waals surface area (Å²) in [4.78, 5) is 10.9. The minimum absolute atomic E-state index is 0.101. The number of ketones is 1. The lowest BCUT2D eigenvalue weighted by Crippen LogP contribution is -2.10. The molecule has 0 radical (unpaired) electrons. The van der Waals surface area contributed by atoms with Crippen LogP contribution in [0.3, 0.4) is 0 Å². The van der Waals surface area contributed by atoms with Crippen LogP contribution in [0.25, 0.3) is 0 Å². The molecular weight excluding hydrogens is 188 g/mol. The highest BCUT2D eigenvalue weighted by molar-refractivity contribution is 6.31. The first-order valence-electron chi connectivity index (χ1n) is 4.23. The maximum Gasteiger partial charge on any atom is 0.135 e. The molecule has 72 valence electrons. The van der Waals surface area contributed by atoms with Crippen LogP contribution in [-0.2, 0) is 11.2 Å². The Morgan fingerprint density at radius 2 is 2.31 bits per heavy atom. The molecule has 0 saturated carbocycles. The highest BCUT2D eigenvalue weighted by atomic mass is 35.5. The summed E-state index contributed by atoms with van der Waals surface area (Å²) in [5.74, 6) is 0.101. The van der Waals surface area contributed by atoms with Crippen LogP contribution in [0.15, 0.2) is 6.20 Å². The molecule has 0 aliphatic heterocycles. The first-order valence-corrected chi connectivity index (χ1v) is 4.61. The second-order valence-corrected chi connectivity index (χ2v) is 3.76. The van der Waals surface area contributed by atoms with Crippen molar-refractivity contribution in [3.05, 3.63) is 16.9 Å². The number of Topliss-reactive ketones (excluding diaryl/α,β-unsaturated/α-hetero) is 1. The van der Waals surface area contributed by atoms with E-state index in [1.165, 1.54) is 0 Å². The predicted molar refractivity (Wildman–Crippen MR) is 52.0 cm³/mol. The largest absolute Gasteiger partial charge is 0.300 e. The van der Waals surface area contributed by atoms with Crippen molar-refractivity contribution in [2.75, 3.05) is 0 Å². The normalized spacial score (nSPS) is 10.8. The average Bonchev–Trinajstić information content (AvgIpc) is 2.32. The van der Waals surface area contributed by atoms with Crippen LogP contribution in [0.4, 0.5) is 0 Å². The van der Waals surface area contributed by atoms with Crippen LogP contribution >= 0.6 is 11.6 Å². The number of rotatable bonds is 3. The molecule has 0 fully saturated rings. The molecule has 4 heteroatoms. The fourth-order valence-corrected chi connectivity index (χ4v) is 1.41. The summed E-state index contributed by atoms with van der Waals surface area (Å²) in [7, 11) is 0. The van der Waals surface area contributed by atoms with E-state index >= 15 is 0 Å². The summed E-state index contributed by atoms with van der Waals surface area (Å²) >= 11 is 5.90. The monoisotopic (exact) mass is 200 g/mol. The Hall–Kier alpha value is -0.830. The molecule has 0 atom stereocenters. The summed E-state index contributed by atoms with van der Waals surface area (Å²) in [6.07, 6.45) is 1.94. The summed E-state index contributed by atoms with van der Waals surface area (Å²) in [6, 6.07) is 0.238. The Morgan fingerprint density at radius 1 is 1.69 bits per heavy atom. The SMILES string of the molecule is CC(=O)Cc1c(Cl)cnn1C(C)C. The first-order chi connectivity index (χ1) is 6.02. The Kier molecular flexibility index (Phi) is 3.09. The van der Waals surface area contributed by atoms with Crippen LogP contribution in [0.1, 0.15) is 32.5 Å². The zero-order valence-electron chi connectivity index (χ0n) is 8.04. The second kappa shape index (κ2) is 3.92. The molecule has 3 nitrogen and oxygen atoms in total. The smallest absolute Gasteiger partial charge is 0.135 e. The quantitative estimate of drug-likeness (QED) is 0.750. The zero-order valence-corrected chi connectivity index (χ0v) is 8.80. The van der Waals surface area contributed by atoms with Gasteiger partial charge in [0.05, 0.1) is 16.9 Å². The van der Waals surface area contributed by atoms with Crippen LogP contribution < -0.4 is 0 Å². The third-order valence-electron chi connectivity index (χ3n) is 1.75. The Bertz CT molecular complexity index is 317. The summed E-state index contributed by atoms with van der Waals surface area (Å²) < 4.78 is 1.78. The molecule has 0 spiro atoms. The van der Waals surface area contributed by atoms with Gasteiger partial charge in [-0.25, -0.2) is 0 Å². The van der Waals surface area contributed by atoms with Crippen molar-refractivity contribution in [1.82, 2.24) is 9.78 Å². The molecule has 1 aromatic heterocycles. The van der Waals surface area contributed by atoms with Gasteiger partial charge in [0.2, 0.25) is 0 Å². The number of hydrogen-bond acceptors (Lipinski definition) is 2. The number of halogens is 1. The fourth-order valence-electron chi connectivity index (χ4n) is 1.21. The molecule has 0 aliphatic carbocycles. The maximum atomic E-state index is 10.9. The van der Waals surface area contributed by atoms with Gasteiger partial charge >= 0.3 is 0 Å². The molecule has 0 amide bonds. The molecule has 13 heavy (non-hydrogen) atoms. The topological polar surface area (TPSA) is 34.9 Å². The lowest BCUT2D eigenvalue weighted by molar-refractivity contribution is -0.116. The number of hydrogen-bond donors (Lipinski definition) is 0. The average molecular weight is 201 g/mol. The van der Waals surface area contributed by atoms with Crippen LogP contribution in [0, 0.1) is 0 Å². The van der Waals surface area contributed by atoms with E-state index in [4.69, 9.17) is 11.6 Å². The van der Waals surface area contributed by atoms with E-state index < -0.39 is 0 Å². The minimum atomic E-state index is 0.101. The van der Waals surface area contributed by atoms with Crippen molar-refractivity contribution < 1.29 is 4.79 Å². The molecular formula is C9H13ClN2O. The zero-order chi connectivity index (χ0) is 10.0. The molecule has 0 bridgehead atoms. The second-order valence-electron chi connectivity index (χ2n) is 3.36. The van der Waals surface area contributed by atoms with Gasteiger partial charge in [0.25, 0.3) is 0 Å². The molecule has 0 unspecified atom stereocenters. The highest BCUT2D eigenvalue weighted by Gasteiger charge is 2.12. The summed E-state index contributed by atoms with van der Waals surface area (Å²) in [5, 5.41) is 4.67. The Balaban J connectivity index is 3.01. The van der Waals surface area contributed by atoms with Crippen molar-refractivity contribution >= 4 is 17.4 Å². The van der Waals surface area contributed by atoms with Crippen LogP contribution in [-0.4, -0.2) is 15.6 Å². The van der Waals surface area contributed by atoms with Gasteiger partial charge in [0.15, 0.2) is 0 Å². The molecule has 1 aromatic rings. The lowest BCUT2D eigenvalue weighted by atomic mass is 10.2. The van der Waals surface area contributed by atoms with E-state index in [0.29, 0.717) is 11.4 Å². The van der Waals surface area contributed by atoms with Crippen molar-refractivity contribution in [3.8, 4) is 0 Å². The van der Waals surface area contributed by atoms with Gasteiger partial charge in [-0.05, 0) is 20.8 Å². The predicted octanol–water partition coefficient (Wildman–Crippen LogP) is 2.25. The lowest BCUT2D eigenvalue weighted by Gasteiger charge is -2.09. The van der Waals surface area contributed by atoms with E-state index in [2.05, 4.69) is 5.10 Å². The van der Waals surface area contributed by atoms with Gasteiger partial charge in [0.1, 0.15) is 5.78 Å². The van der Waals surface area contributed by atoms with Gasteiger partial charge in [-0.3, -0.25) is 9.48 Å². The van der Waals surface area contributed by atoms with Gasteiger partial charge in [-0.2, -0.15) is 5.10 Å². The van der Waals surface area contributed by atoms with Gasteiger partial charge < -0.3 is 0 Å². The number of carbonyl (C=O) groups is 1. The summed E-state index contributed by atoms with van der Waals surface area (Å²) in [5.41, 5.74) is 0.809. The van der Waals surface area contributed by atoms with Crippen molar-refractivity contribution in [2.45, 2.75) is 33.2 Å². The first kappa shape index (κ1) is 10.3. The third kappa shape index (κ3) is 2.31. The van der Waals surface area contributed by atoms with E-state index in [1.807, 2.05) is 13.8 Å². The highest BCUT2D eigenvalue weighted by Crippen LogP contribution is 2.19. The van der Waals surface area contributed by atoms with E-state index in [0.717, 1.165) is 5.69 Å². The molecule has 0 aliphatic rings. The van der Waals surface area contributed by atoms with Gasteiger partial charge in [-0.1, -0.05) is 11.6 Å². The molecule has 0 aromatic carbocycles. The molecule has 1 heterocycles. The maximum absolute atomic E-state index is 10.9. The van der Waals surface area contributed by atoms with Crippen LogP contribution in [0.5, 0.6) is 0 Å². The van der Waals surface area contributed by atoms with Gasteiger partial charge in [-0.15, -0.1) is 0 Å². The Labute approximate surface area is 82.7 Å². The molecule has 0 N–H and O–H groups in total. The number of aromatic nitrogens is 2. The summed E-state index contributed by atoms with van der Waals surface area (Å²) in [6.45, 7) is 5.56. The standard InChI is InChI=1S/C9H13ClN2O/c1-6(2)12-9(4-7(3)13)8(10)5-11-12/h5-6H,4H2,1-3H3. The van der Waals surface area contributed by atoms with Gasteiger partial charge in [0, 0.05) is 12.5 Å². The number of nitrogens with zero attached hydrogens (tertiary/aromatic N) is 2. The Morgan fingerprint density at radius 3 is 2.77 bits per heavy atom. The minimum Gasteiger partial charge on any atom is -0.300 e. The van der Waals surface area contributed by atoms with Crippen molar-refractivity contribution in [1.29, 1.82) is 0 Å². The fraction of sp³-hybridized carbons (Fsp3) is 0.556. The third-order valence-corrected chi connectivity index (χ3v) is 2.07. The van der Waals surface area contributed by atoms with Crippen molar-refractivity contribution in [3.63, 3.8) is 0 Å². The molecule has 1 rings (SSSR count). The van der Waals surface area contributed by atoms with E-state index in [9.17, 15) is 4.79 Å². The van der Waals surface area contributed by atoms with Crippen molar-refractivity contribution in [2.24, 2.45) is 0 Å². The molecule has 0 saturated heterocycles. The number of carbonyl (C=O) groups excluding carboxylic acids is 1. The van der Waals surface area contributed by atoms with Crippen LogP contribution in [0.2, 0.25) is 5.02 Å². The van der Waals surface area contributed by atoms with E-state index in [-0.39, 0.29) is 11.8 Å². The van der Waals surface area contributed by atoms with E-state index in [1.54, 1.807) is 17.8 Å².